The van der Waals surface area contributed by atoms with Crippen LogP contribution in [0.25, 0.3) is 22.7 Å². The predicted molar refractivity (Wildman–Crippen MR) is 96.0 cm³/mol. The molecule has 30 heavy (non-hydrogen) atoms. The topological polar surface area (TPSA) is 95.0 Å². The summed E-state index contributed by atoms with van der Waals surface area (Å²) in [4.78, 5) is 8.04. The summed E-state index contributed by atoms with van der Waals surface area (Å²) in [6.45, 7) is 1.44. The van der Waals surface area contributed by atoms with Gasteiger partial charge in [0.15, 0.2) is 32.8 Å². The van der Waals surface area contributed by atoms with Crippen molar-refractivity contribution in [2.75, 3.05) is 5.75 Å². The third-order valence-corrected chi connectivity index (χ3v) is 5.98. The highest BCUT2D eigenvalue weighted by atomic mass is 32.2. The molecule has 4 aromatic rings. The first kappa shape index (κ1) is 19.9. The van der Waals surface area contributed by atoms with Gasteiger partial charge >= 0.3 is 6.18 Å². The Labute approximate surface area is 166 Å². The molecule has 0 saturated carbocycles. The second kappa shape index (κ2) is 6.86. The van der Waals surface area contributed by atoms with Crippen LogP contribution in [0.15, 0.2) is 47.9 Å². The predicted octanol–water partition coefficient (Wildman–Crippen LogP) is 2.93. The van der Waals surface area contributed by atoms with Gasteiger partial charge in [0.1, 0.15) is 0 Å². The number of nitrogens with zero attached hydrogens (tertiary/aromatic N) is 6. The molecule has 0 bridgehead atoms. The van der Waals surface area contributed by atoms with Gasteiger partial charge < -0.3 is 0 Å². The molecule has 13 heteroatoms. The monoisotopic (exact) mass is 440 g/mol. The molecule has 0 atom stereocenters. The summed E-state index contributed by atoms with van der Waals surface area (Å²) in [5.74, 6) is -0.740. The smallest absolute Gasteiger partial charge is 0.236 e. The maximum absolute atomic E-state index is 13.3. The summed E-state index contributed by atoms with van der Waals surface area (Å²) >= 11 is 0. The van der Waals surface area contributed by atoms with Gasteiger partial charge in [-0.2, -0.15) is 23.4 Å². The summed E-state index contributed by atoms with van der Waals surface area (Å²) in [5.41, 5.74) is -1.16. The average Bonchev–Trinajstić information content (AvgIpc) is 3.33. The Morgan fingerprint density at radius 3 is 2.53 bits per heavy atom. The third-order valence-electron chi connectivity index (χ3n) is 4.22. The van der Waals surface area contributed by atoms with Gasteiger partial charge in [-0.25, -0.2) is 32.0 Å². The lowest BCUT2D eigenvalue weighted by Crippen LogP contribution is -2.09. The Hall–Kier alpha value is -3.35. The number of hydrogen-bond acceptors (Lipinski definition) is 6. The SMILES string of the molecule is CCS(=O)(=O)c1ccc(-n2cc(F)cn2)nc1-c1cnc2cc(C(F)(F)F)nn2c1. The maximum Gasteiger partial charge on any atom is 0.435 e. The standard InChI is InChI=1S/C17H12F4N6O2S/c1-2-30(28,29)12-3-4-14(26-9-11(18)7-23-26)24-16(12)10-6-22-15-5-13(17(19,20)21)25-27(15)8-10/h3-9H,2H2,1H3. The minimum absolute atomic E-state index is 0.0660. The zero-order valence-corrected chi connectivity index (χ0v) is 16.0. The number of fused-ring (bicyclic) bond motifs is 1. The van der Waals surface area contributed by atoms with Gasteiger partial charge in [-0.1, -0.05) is 6.92 Å². The maximum atomic E-state index is 13.3. The molecule has 0 aromatic carbocycles. The molecule has 0 spiro atoms. The van der Waals surface area contributed by atoms with Gasteiger partial charge in [0.2, 0.25) is 0 Å². The molecule has 156 valence electrons. The molecule has 0 fully saturated rings. The van der Waals surface area contributed by atoms with Crippen LogP contribution in [-0.2, 0) is 16.0 Å². The second-order valence-corrected chi connectivity index (χ2v) is 8.44. The summed E-state index contributed by atoms with van der Waals surface area (Å²) in [7, 11) is -3.75. The molecular formula is C17H12F4N6O2S. The molecule has 0 amide bonds. The van der Waals surface area contributed by atoms with Crippen molar-refractivity contribution in [3.63, 3.8) is 0 Å². The number of halogens is 4. The largest absolute Gasteiger partial charge is 0.435 e. The van der Waals surface area contributed by atoms with Crippen molar-refractivity contribution in [1.29, 1.82) is 0 Å². The number of hydrogen-bond donors (Lipinski definition) is 0. The van der Waals surface area contributed by atoms with Gasteiger partial charge in [0, 0.05) is 24.0 Å². The fourth-order valence-electron chi connectivity index (χ4n) is 2.74. The minimum atomic E-state index is -4.66. The van der Waals surface area contributed by atoms with Crippen LogP contribution in [0.1, 0.15) is 12.6 Å². The van der Waals surface area contributed by atoms with Crippen LogP contribution in [-0.4, -0.2) is 43.5 Å². The second-order valence-electron chi connectivity index (χ2n) is 6.20. The van der Waals surface area contributed by atoms with Crippen LogP contribution in [0.4, 0.5) is 17.6 Å². The summed E-state index contributed by atoms with van der Waals surface area (Å²) in [6, 6.07) is 3.40. The number of aromatic nitrogens is 6. The zero-order valence-electron chi connectivity index (χ0n) is 15.2. The Balaban J connectivity index is 1.93. The molecule has 0 aliphatic heterocycles. The molecular weight excluding hydrogens is 428 g/mol. The van der Waals surface area contributed by atoms with E-state index in [0.717, 1.165) is 27.7 Å². The van der Waals surface area contributed by atoms with E-state index in [-0.39, 0.29) is 33.4 Å². The van der Waals surface area contributed by atoms with Crippen LogP contribution in [0, 0.1) is 5.82 Å². The van der Waals surface area contributed by atoms with E-state index in [1.807, 2.05) is 0 Å². The quantitative estimate of drug-likeness (QED) is 0.453. The van der Waals surface area contributed by atoms with Gasteiger partial charge in [-0.15, -0.1) is 0 Å². The van der Waals surface area contributed by atoms with E-state index < -0.39 is 27.5 Å². The van der Waals surface area contributed by atoms with E-state index in [9.17, 15) is 26.0 Å². The summed E-state index contributed by atoms with van der Waals surface area (Å²) in [6.07, 6.45) is -0.269. The fraction of sp³-hybridized carbons (Fsp3) is 0.176. The highest BCUT2D eigenvalue weighted by Crippen LogP contribution is 2.30. The third kappa shape index (κ3) is 3.51. The zero-order chi connectivity index (χ0) is 21.7. The Bertz CT molecular complexity index is 1360. The van der Waals surface area contributed by atoms with E-state index in [1.54, 1.807) is 0 Å². The van der Waals surface area contributed by atoms with E-state index in [1.165, 1.54) is 31.5 Å². The molecule has 0 unspecified atom stereocenters. The number of pyridine rings is 1. The molecule has 4 rings (SSSR count). The van der Waals surface area contributed by atoms with Gasteiger partial charge in [0.25, 0.3) is 0 Å². The van der Waals surface area contributed by atoms with Crippen LogP contribution in [0.5, 0.6) is 0 Å². The molecule has 8 nitrogen and oxygen atoms in total. The van der Waals surface area contributed by atoms with Crippen molar-refractivity contribution in [1.82, 2.24) is 29.4 Å². The van der Waals surface area contributed by atoms with Crippen LogP contribution in [0.3, 0.4) is 0 Å². The highest BCUT2D eigenvalue weighted by molar-refractivity contribution is 7.91. The molecule has 0 saturated heterocycles. The van der Waals surface area contributed by atoms with Crippen LogP contribution < -0.4 is 0 Å². The summed E-state index contributed by atoms with van der Waals surface area (Å²) in [5, 5.41) is 7.24. The molecule has 0 aliphatic carbocycles. The average molecular weight is 440 g/mol. The molecule has 4 aromatic heterocycles. The van der Waals surface area contributed by atoms with Gasteiger partial charge in [-0.05, 0) is 12.1 Å². The van der Waals surface area contributed by atoms with Crippen molar-refractivity contribution >= 4 is 15.5 Å². The number of alkyl halides is 3. The lowest BCUT2D eigenvalue weighted by atomic mass is 10.2. The first-order chi connectivity index (χ1) is 14.1. The first-order valence-electron chi connectivity index (χ1n) is 8.46. The molecule has 0 N–H and O–H groups in total. The number of sulfone groups is 1. The van der Waals surface area contributed by atoms with Crippen molar-refractivity contribution < 1.29 is 26.0 Å². The Morgan fingerprint density at radius 1 is 1.13 bits per heavy atom. The lowest BCUT2D eigenvalue weighted by molar-refractivity contribution is -0.141. The van der Waals surface area contributed by atoms with Crippen molar-refractivity contribution in [3.05, 3.63) is 54.5 Å². The molecule has 0 radical (unpaired) electrons. The Morgan fingerprint density at radius 2 is 1.90 bits per heavy atom. The first-order valence-corrected chi connectivity index (χ1v) is 10.1. The van der Waals surface area contributed by atoms with E-state index in [2.05, 4.69) is 20.2 Å². The van der Waals surface area contributed by atoms with E-state index >= 15 is 0 Å². The van der Waals surface area contributed by atoms with Crippen molar-refractivity contribution in [3.8, 4) is 17.1 Å². The van der Waals surface area contributed by atoms with Crippen molar-refractivity contribution in [2.45, 2.75) is 18.0 Å². The van der Waals surface area contributed by atoms with E-state index in [4.69, 9.17) is 0 Å². The van der Waals surface area contributed by atoms with Crippen LogP contribution >= 0.6 is 0 Å². The van der Waals surface area contributed by atoms with Crippen molar-refractivity contribution in [2.24, 2.45) is 0 Å². The Kier molecular flexibility index (Phi) is 4.56. The van der Waals surface area contributed by atoms with Gasteiger partial charge in [-0.3, -0.25) is 0 Å². The summed E-state index contributed by atoms with van der Waals surface area (Å²) < 4.78 is 79.1. The van der Waals surface area contributed by atoms with Gasteiger partial charge in [0.05, 0.1) is 28.7 Å². The van der Waals surface area contributed by atoms with E-state index in [0.29, 0.717) is 0 Å². The highest BCUT2D eigenvalue weighted by Gasteiger charge is 2.34. The number of rotatable bonds is 4. The normalized spacial score (nSPS) is 12.6. The molecule has 0 aliphatic rings. The molecule has 4 heterocycles. The van der Waals surface area contributed by atoms with Crippen LogP contribution in [0.2, 0.25) is 0 Å². The fourth-order valence-corrected chi connectivity index (χ4v) is 3.79. The minimum Gasteiger partial charge on any atom is -0.236 e. The lowest BCUT2D eigenvalue weighted by Gasteiger charge is -2.11.